The molecule has 2 aromatic carbocycles. The van der Waals surface area contributed by atoms with Gasteiger partial charge in [0.05, 0.1) is 5.71 Å². The normalized spacial score (nSPS) is 20.2. The average Bonchev–Trinajstić information content (AvgIpc) is 3.00. The zero-order valence-corrected chi connectivity index (χ0v) is 13.9. The van der Waals surface area contributed by atoms with Crippen LogP contribution in [0.2, 0.25) is 5.02 Å². The van der Waals surface area contributed by atoms with E-state index >= 15 is 0 Å². The molecule has 0 saturated carbocycles. The van der Waals surface area contributed by atoms with E-state index < -0.39 is 18.2 Å². The summed E-state index contributed by atoms with van der Waals surface area (Å²) in [4.78, 5) is 4.99. The Morgan fingerprint density at radius 2 is 2.00 bits per heavy atom. The van der Waals surface area contributed by atoms with E-state index in [1.54, 1.807) is 37.3 Å². The second-order valence-corrected chi connectivity index (χ2v) is 6.31. The van der Waals surface area contributed by atoms with Gasteiger partial charge in [0.1, 0.15) is 0 Å². The van der Waals surface area contributed by atoms with Crippen LogP contribution in [0.25, 0.3) is 0 Å². The van der Waals surface area contributed by atoms with Crippen LogP contribution in [0.3, 0.4) is 0 Å². The number of oxime groups is 1. The molecule has 8 heteroatoms. The molecule has 3 rings (SSSR count). The highest BCUT2D eigenvalue weighted by Gasteiger charge is 2.62. The van der Waals surface area contributed by atoms with Crippen LogP contribution in [0.1, 0.15) is 23.1 Å². The number of nitrogens with one attached hydrogen (secondary N) is 1. The van der Waals surface area contributed by atoms with Crippen molar-refractivity contribution in [2.45, 2.75) is 25.1 Å². The van der Waals surface area contributed by atoms with Crippen molar-refractivity contribution in [3.05, 3.63) is 64.2 Å². The molecule has 0 bridgehead atoms. The number of aryl methyl sites for hydroxylation is 1. The van der Waals surface area contributed by atoms with Crippen molar-refractivity contribution in [1.82, 2.24) is 0 Å². The van der Waals surface area contributed by atoms with Gasteiger partial charge in [-0.3, -0.25) is 5.84 Å². The van der Waals surface area contributed by atoms with E-state index in [2.05, 4.69) is 10.6 Å². The molecule has 2 aromatic rings. The highest BCUT2D eigenvalue weighted by molar-refractivity contribution is 6.30. The number of nitrogens with zero attached hydrogens (tertiary/aromatic N) is 1. The lowest BCUT2D eigenvalue weighted by molar-refractivity contribution is -0.275. The Bertz CT molecular complexity index is 818. The summed E-state index contributed by atoms with van der Waals surface area (Å²) in [5.74, 6) is 5.35. The van der Waals surface area contributed by atoms with Crippen LogP contribution in [0.5, 0.6) is 0 Å². The first-order valence-corrected chi connectivity index (χ1v) is 7.79. The third-order valence-electron chi connectivity index (χ3n) is 4.06. The fourth-order valence-electron chi connectivity index (χ4n) is 2.82. The van der Waals surface area contributed by atoms with E-state index in [4.69, 9.17) is 22.3 Å². The van der Waals surface area contributed by atoms with Crippen molar-refractivity contribution >= 4 is 23.0 Å². The van der Waals surface area contributed by atoms with Crippen LogP contribution in [-0.4, -0.2) is 11.9 Å². The zero-order valence-electron chi connectivity index (χ0n) is 13.2. The topological polar surface area (TPSA) is 59.6 Å². The fraction of sp³-hybridized carbons (Fsp3) is 0.235. The lowest BCUT2D eigenvalue weighted by Crippen LogP contribution is -2.42. The van der Waals surface area contributed by atoms with Crippen molar-refractivity contribution in [1.29, 1.82) is 0 Å². The van der Waals surface area contributed by atoms with E-state index in [0.717, 1.165) is 0 Å². The number of hydrogen-bond donors (Lipinski definition) is 2. The van der Waals surface area contributed by atoms with E-state index in [1.807, 2.05) is 0 Å². The molecule has 1 atom stereocenters. The maximum absolute atomic E-state index is 13.9. The van der Waals surface area contributed by atoms with Crippen molar-refractivity contribution in [2.24, 2.45) is 11.0 Å². The molecule has 1 unspecified atom stereocenters. The molecule has 1 heterocycles. The van der Waals surface area contributed by atoms with Crippen LogP contribution >= 0.6 is 11.6 Å². The molecule has 132 valence electrons. The van der Waals surface area contributed by atoms with Crippen molar-refractivity contribution < 1.29 is 18.0 Å². The molecule has 3 N–H and O–H groups in total. The predicted octanol–water partition coefficient (Wildman–Crippen LogP) is 4.52. The van der Waals surface area contributed by atoms with Gasteiger partial charge in [0.25, 0.3) is 5.60 Å². The quantitative estimate of drug-likeness (QED) is 0.618. The Kier molecular flexibility index (Phi) is 4.38. The molecule has 0 spiro atoms. The molecule has 0 saturated heterocycles. The van der Waals surface area contributed by atoms with Gasteiger partial charge in [-0.25, -0.2) is 0 Å². The minimum absolute atomic E-state index is 0.0724. The van der Waals surface area contributed by atoms with Gasteiger partial charge in [0.2, 0.25) is 0 Å². The van der Waals surface area contributed by atoms with Gasteiger partial charge in [0, 0.05) is 28.3 Å². The second kappa shape index (κ2) is 6.24. The van der Waals surface area contributed by atoms with E-state index in [1.165, 1.54) is 12.1 Å². The average molecular weight is 370 g/mol. The number of anilines is 1. The molecule has 0 radical (unpaired) electrons. The van der Waals surface area contributed by atoms with Crippen LogP contribution in [0, 0.1) is 6.92 Å². The molecular weight excluding hydrogens is 355 g/mol. The fourth-order valence-corrected chi connectivity index (χ4v) is 3.11. The lowest BCUT2D eigenvalue weighted by atomic mass is 9.86. The monoisotopic (exact) mass is 369 g/mol. The number of nitrogens with two attached hydrogens (primary N) is 1. The number of alkyl halides is 3. The summed E-state index contributed by atoms with van der Waals surface area (Å²) in [6.45, 7) is 1.67. The zero-order chi connectivity index (χ0) is 18.2. The van der Waals surface area contributed by atoms with Crippen LogP contribution in [0.15, 0.2) is 47.6 Å². The number of nitrogen functional groups attached to an aromatic ring is 1. The number of halogens is 4. The first-order chi connectivity index (χ1) is 11.7. The molecule has 0 amide bonds. The smallest absolute Gasteiger partial charge is 0.374 e. The summed E-state index contributed by atoms with van der Waals surface area (Å²) in [6, 6.07) is 10.9. The maximum Gasteiger partial charge on any atom is 0.435 e. The Balaban J connectivity index is 2.03. The third kappa shape index (κ3) is 3.17. The first kappa shape index (κ1) is 17.6. The molecule has 25 heavy (non-hydrogen) atoms. The SMILES string of the molecule is Cc1cc(Cl)cc(C2(C(F)(F)F)CC(c3cccc(NN)c3)=NO2)c1. The summed E-state index contributed by atoms with van der Waals surface area (Å²) >= 11 is 5.95. The molecule has 0 aliphatic carbocycles. The van der Waals surface area contributed by atoms with Crippen molar-refractivity contribution in [2.75, 3.05) is 5.43 Å². The first-order valence-electron chi connectivity index (χ1n) is 7.42. The van der Waals surface area contributed by atoms with Crippen molar-refractivity contribution in [3.63, 3.8) is 0 Å². The molecular formula is C17H15ClF3N3O. The highest BCUT2D eigenvalue weighted by Crippen LogP contribution is 2.49. The van der Waals surface area contributed by atoms with E-state index in [0.29, 0.717) is 16.8 Å². The Hall–Kier alpha value is -2.25. The third-order valence-corrected chi connectivity index (χ3v) is 4.28. The second-order valence-electron chi connectivity index (χ2n) is 5.87. The van der Waals surface area contributed by atoms with Crippen LogP contribution < -0.4 is 11.3 Å². The number of benzene rings is 2. The van der Waals surface area contributed by atoms with Gasteiger partial charge < -0.3 is 10.3 Å². The Morgan fingerprint density at radius 1 is 1.24 bits per heavy atom. The summed E-state index contributed by atoms with van der Waals surface area (Å²) < 4.78 is 41.8. The highest BCUT2D eigenvalue weighted by atomic mass is 35.5. The predicted molar refractivity (Wildman–Crippen MR) is 90.4 cm³/mol. The maximum atomic E-state index is 13.9. The number of hydrogen-bond acceptors (Lipinski definition) is 4. The van der Waals surface area contributed by atoms with Gasteiger partial charge in [0.15, 0.2) is 0 Å². The number of hydrazine groups is 1. The van der Waals surface area contributed by atoms with E-state index in [9.17, 15) is 13.2 Å². The summed E-state index contributed by atoms with van der Waals surface area (Å²) in [5, 5.41) is 3.94. The summed E-state index contributed by atoms with van der Waals surface area (Å²) in [6.07, 6.45) is -5.12. The molecule has 1 aliphatic heterocycles. The largest absolute Gasteiger partial charge is 0.435 e. The number of rotatable bonds is 3. The van der Waals surface area contributed by atoms with Gasteiger partial charge in [-0.05, 0) is 36.8 Å². The molecule has 0 aromatic heterocycles. The van der Waals surface area contributed by atoms with Gasteiger partial charge >= 0.3 is 6.18 Å². The summed E-state index contributed by atoms with van der Waals surface area (Å²) in [5.41, 5.74) is 1.67. The van der Waals surface area contributed by atoms with Crippen molar-refractivity contribution in [3.8, 4) is 0 Å². The Labute approximate surface area is 147 Å². The Morgan fingerprint density at radius 3 is 2.64 bits per heavy atom. The molecule has 1 aliphatic rings. The minimum Gasteiger partial charge on any atom is -0.374 e. The summed E-state index contributed by atoms with van der Waals surface area (Å²) in [7, 11) is 0. The van der Waals surface area contributed by atoms with Crippen LogP contribution in [-0.2, 0) is 10.4 Å². The molecule has 0 fully saturated rings. The standard InChI is InChI=1S/C17H15ClF3N3O/c1-10-5-12(8-13(18)6-10)16(17(19,20)21)9-15(24-25-16)11-3-2-4-14(7-11)23-22/h2-8,23H,9,22H2,1H3. The van der Waals surface area contributed by atoms with Crippen LogP contribution in [0.4, 0.5) is 18.9 Å². The minimum atomic E-state index is -4.67. The lowest BCUT2D eigenvalue weighted by Gasteiger charge is -2.29. The van der Waals surface area contributed by atoms with E-state index in [-0.39, 0.29) is 16.3 Å². The van der Waals surface area contributed by atoms with Gasteiger partial charge in [-0.2, -0.15) is 13.2 Å². The molecule has 4 nitrogen and oxygen atoms in total. The van der Waals surface area contributed by atoms with Gasteiger partial charge in [-0.15, -0.1) is 0 Å². The van der Waals surface area contributed by atoms with Gasteiger partial charge in [-0.1, -0.05) is 35.0 Å².